The van der Waals surface area contributed by atoms with Gasteiger partial charge in [0.05, 0.1) is 0 Å². The van der Waals surface area contributed by atoms with Crippen LogP contribution in [0.25, 0.3) is 5.59 Å². The average Bonchev–Trinajstić information content (AvgIpc) is 2.56. The average molecular weight is 458 g/mol. The maximum absolute atomic E-state index is 7.25. The molecule has 0 amide bonds. The minimum atomic E-state index is -0.861. The van der Waals surface area contributed by atoms with Crippen molar-refractivity contribution in [3.8, 4) is 0 Å². The molecular weight excluding hydrogens is 426 g/mol. The van der Waals surface area contributed by atoms with Gasteiger partial charge in [-0.15, -0.1) is 16.1 Å². The normalized spacial score (nSPS) is 13.6. The van der Waals surface area contributed by atoms with Crippen LogP contribution in [0.4, 0.5) is 0 Å². The minimum Gasteiger partial charge on any atom is -0.577 e. The van der Waals surface area contributed by atoms with Crippen LogP contribution in [0.5, 0.6) is 0 Å². The third-order valence-electron chi connectivity index (χ3n) is 1.25. The van der Waals surface area contributed by atoms with Crippen LogP contribution in [0.1, 0.15) is 32.1 Å². The van der Waals surface area contributed by atoms with Crippen molar-refractivity contribution in [3.05, 3.63) is 23.6 Å². The first-order chi connectivity index (χ1) is 7.50. The molecule has 0 aromatic heterocycles. The van der Waals surface area contributed by atoms with Gasteiger partial charge in [-0.1, -0.05) is 71.4 Å². The third-order valence-corrected chi connectivity index (χ3v) is 1.25. The summed E-state index contributed by atoms with van der Waals surface area (Å²) in [7, 11) is -1.72. The van der Waals surface area contributed by atoms with E-state index in [2.05, 4.69) is 52.4 Å². The molecule has 1 rings (SSSR count). The number of nitrogens with zero attached hydrogens (tertiary/aromatic N) is 1. The van der Waals surface area contributed by atoms with Crippen LogP contribution in [0, 0.1) is 18.0 Å². The fourth-order valence-electron chi connectivity index (χ4n) is 0.884. The molecule has 0 aromatic carbocycles. The maximum atomic E-state index is 7.25. The van der Waals surface area contributed by atoms with Gasteiger partial charge in [-0.05, 0) is 0 Å². The molecule has 1 fully saturated rings. The molecule has 2 nitrogen and oxygen atoms in total. The zero-order chi connectivity index (χ0) is 14.5. The molecule has 0 radical (unpaired) electrons. The minimum absolute atomic E-state index is 0. The second-order valence-electron chi connectivity index (χ2n) is 6.89. The second-order valence-corrected chi connectivity index (χ2v) is 17.1. The Morgan fingerprint density at radius 1 is 0.667 bits per heavy atom. The van der Waals surface area contributed by atoms with Crippen molar-refractivity contribution in [3.63, 3.8) is 0 Å². The van der Waals surface area contributed by atoms with E-state index in [1.54, 1.807) is 0 Å². The summed E-state index contributed by atoms with van der Waals surface area (Å²) in [5, 5.41) is 0. The Morgan fingerprint density at radius 3 is 0.778 bits per heavy atom. The van der Waals surface area contributed by atoms with E-state index in [0.29, 0.717) is 0 Å². The van der Waals surface area contributed by atoms with Crippen molar-refractivity contribution in [2.24, 2.45) is 0 Å². The van der Waals surface area contributed by atoms with Crippen molar-refractivity contribution >= 4 is 16.1 Å². The monoisotopic (exact) mass is 458 g/mol. The summed E-state index contributed by atoms with van der Waals surface area (Å²) in [5.41, 5.74) is 5.75. The van der Waals surface area contributed by atoms with Gasteiger partial charge in [-0.2, -0.15) is 0 Å². The fourth-order valence-corrected chi connectivity index (χ4v) is 0.884. The SMILES string of the molecule is C1CCCC1.[CH2-][Si](C)(C)C.[CH2-][Si](C)(C)C.[N-]=O.[W]. The molecule has 0 heterocycles. The van der Waals surface area contributed by atoms with Crippen molar-refractivity contribution < 1.29 is 21.1 Å². The van der Waals surface area contributed by atoms with Crippen LogP contribution in [0.15, 0.2) is 0 Å². The molecule has 0 spiro atoms. The molecule has 5 heteroatoms. The van der Waals surface area contributed by atoms with Crippen LogP contribution in [0.3, 0.4) is 0 Å². The maximum Gasteiger partial charge on any atom is 0 e. The van der Waals surface area contributed by atoms with Crippen LogP contribution in [-0.4, -0.2) is 16.1 Å². The van der Waals surface area contributed by atoms with E-state index in [1.807, 2.05) is 0 Å². The van der Waals surface area contributed by atoms with Gasteiger partial charge in [0.25, 0.3) is 0 Å². The Bertz CT molecular complexity index is 120. The molecule has 1 saturated carbocycles. The van der Waals surface area contributed by atoms with Crippen molar-refractivity contribution in [1.82, 2.24) is 0 Å². The Kier molecular flexibility index (Phi) is 23.8. The van der Waals surface area contributed by atoms with E-state index in [1.165, 1.54) is 32.1 Å². The summed E-state index contributed by atoms with van der Waals surface area (Å²) < 4.78 is 0. The quantitative estimate of drug-likeness (QED) is 0.341. The fraction of sp³-hybridized carbons (Fsp3) is 0.846. The van der Waals surface area contributed by atoms with E-state index in [-0.39, 0.29) is 21.1 Å². The molecule has 0 bridgehead atoms. The van der Waals surface area contributed by atoms with Gasteiger partial charge in [0.15, 0.2) is 0 Å². The Morgan fingerprint density at radius 2 is 0.722 bits per heavy atom. The van der Waals surface area contributed by atoms with E-state index in [0.717, 1.165) is 0 Å². The van der Waals surface area contributed by atoms with Gasteiger partial charge in [-0.3, -0.25) is 0 Å². The van der Waals surface area contributed by atoms with Crippen molar-refractivity contribution in [1.29, 1.82) is 0 Å². The largest absolute Gasteiger partial charge is 0.577 e. The summed E-state index contributed by atoms with van der Waals surface area (Å²) in [6, 6.07) is 0. The molecule has 0 unspecified atom stereocenters. The Labute approximate surface area is 132 Å². The predicted molar refractivity (Wildman–Crippen MR) is 87.2 cm³/mol. The molecule has 1 aliphatic carbocycles. The number of hydrogen-bond acceptors (Lipinski definition) is 1. The standard InChI is InChI=1S/C5H10.2C4H11Si.NO.W/c1-2-4-5-3-1;2*1-5(2,3)4;1-2;/h1-5H2;2*1H2,2-4H3;;/q;3*-1;. The van der Waals surface area contributed by atoms with E-state index < -0.39 is 16.1 Å². The van der Waals surface area contributed by atoms with Crippen molar-refractivity contribution in [2.75, 3.05) is 0 Å². The smallest absolute Gasteiger partial charge is 0 e. The summed E-state index contributed by atoms with van der Waals surface area (Å²) in [6.07, 6.45) is 7.50. The van der Waals surface area contributed by atoms with Gasteiger partial charge in [0, 0.05) is 21.1 Å². The van der Waals surface area contributed by atoms with Gasteiger partial charge in [0.2, 0.25) is 0 Å². The molecule has 18 heavy (non-hydrogen) atoms. The van der Waals surface area contributed by atoms with Gasteiger partial charge < -0.3 is 23.6 Å². The second kappa shape index (κ2) is 15.8. The zero-order valence-corrected chi connectivity index (χ0v) is 18.1. The first-order valence-electron chi connectivity index (χ1n) is 6.39. The number of hydrogen-bond donors (Lipinski definition) is 0. The molecule has 0 aliphatic heterocycles. The van der Waals surface area contributed by atoms with Crippen molar-refractivity contribution in [2.45, 2.75) is 71.4 Å². The molecule has 112 valence electrons. The Hall–Kier alpha value is 0.722. The molecular formula is C13H32NOSi2W-3. The number of rotatable bonds is 0. The first kappa shape index (κ1) is 27.1. The summed E-state index contributed by atoms with van der Waals surface area (Å²) in [5.74, 6) is 0. The summed E-state index contributed by atoms with van der Waals surface area (Å²) >= 11 is 0. The van der Waals surface area contributed by atoms with Gasteiger partial charge in [-0.25, -0.2) is 0 Å². The first-order valence-corrected chi connectivity index (χ1v) is 13.8. The van der Waals surface area contributed by atoms with Crippen LogP contribution in [0.2, 0.25) is 39.3 Å². The molecule has 0 aromatic rings. The number of nitroso groups, excluding NO2 is 1. The van der Waals surface area contributed by atoms with E-state index >= 15 is 0 Å². The molecule has 0 N–H and O–H groups in total. The van der Waals surface area contributed by atoms with Gasteiger partial charge >= 0.3 is 0 Å². The summed E-state index contributed by atoms with van der Waals surface area (Å²) in [4.78, 5) is 7.25. The van der Waals surface area contributed by atoms with Gasteiger partial charge in [0.1, 0.15) is 0 Å². The van der Waals surface area contributed by atoms with Crippen LogP contribution >= 0.6 is 0 Å². The predicted octanol–water partition coefficient (Wildman–Crippen LogP) is 5.67. The van der Waals surface area contributed by atoms with E-state index in [4.69, 9.17) is 10.5 Å². The molecule has 0 saturated heterocycles. The molecule has 1 aliphatic rings. The zero-order valence-electron chi connectivity index (χ0n) is 13.2. The molecule has 0 atom stereocenters. The van der Waals surface area contributed by atoms with E-state index in [9.17, 15) is 0 Å². The summed E-state index contributed by atoms with van der Waals surface area (Å²) in [6.45, 7) is 21.1. The topological polar surface area (TPSA) is 39.4 Å². The third kappa shape index (κ3) is 126. The van der Waals surface area contributed by atoms with Crippen LogP contribution in [-0.2, 0) is 21.1 Å². The Balaban J connectivity index is -0.0000000744. The van der Waals surface area contributed by atoms with Crippen LogP contribution < -0.4 is 0 Å².